The van der Waals surface area contributed by atoms with E-state index in [1.54, 1.807) is 21.3 Å². The Bertz CT molecular complexity index is 802. The SMILES string of the molecule is COc1ccc(/C(=C/c2ccc(OC)cc2OC)C2C=CC=C2)cc1. The smallest absolute Gasteiger partial charge is 0.129 e. The van der Waals surface area contributed by atoms with Crippen LogP contribution >= 0.6 is 0 Å². The first-order valence-corrected chi connectivity index (χ1v) is 8.18. The molecule has 0 saturated carbocycles. The van der Waals surface area contributed by atoms with Crippen molar-refractivity contribution in [1.29, 1.82) is 0 Å². The van der Waals surface area contributed by atoms with E-state index in [9.17, 15) is 0 Å². The molecule has 2 aromatic carbocycles. The number of methoxy groups -OCH3 is 3. The highest BCUT2D eigenvalue weighted by Gasteiger charge is 2.14. The molecule has 2 aromatic rings. The van der Waals surface area contributed by atoms with Crippen LogP contribution in [0.5, 0.6) is 17.2 Å². The predicted octanol–water partition coefficient (Wildman–Crippen LogP) is 5.00. The monoisotopic (exact) mass is 334 g/mol. The molecule has 25 heavy (non-hydrogen) atoms. The van der Waals surface area contributed by atoms with Crippen molar-refractivity contribution in [3.8, 4) is 17.2 Å². The second kappa shape index (κ2) is 7.75. The van der Waals surface area contributed by atoms with E-state index in [2.05, 4.69) is 42.5 Å². The van der Waals surface area contributed by atoms with Crippen LogP contribution in [0.25, 0.3) is 11.6 Å². The lowest BCUT2D eigenvalue weighted by atomic mass is 9.91. The molecule has 0 saturated heterocycles. The van der Waals surface area contributed by atoms with Gasteiger partial charge in [0.05, 0.1) is 21.3 Å². The largest absolute Gasteiger partial charge is 0.497 e. The van der Waals surface area contributed by atoms with E-state index >= 15 is 0 Å². The van der Waals surface area contributed by atoms with Crippen LogP contribution in [0.2, 0.25) is 0 Å². The molecule has 3 nitrogen and oxygen atoms in total. The van der Waals surface area contributed by atoms with E-state index in [1.165, 1.54) is 5.57 Å². The van der Waals surface area contributed by atoms with Crippen LogP contribution in [0.15, 0.2) is 66.8 Å². The van der Waals surface area contributed by atoms with Gasteiger partial charge in [-0.05, 0) is 41.5 Å². The summed E-state index contributed by atoms with van der Waals surface area (Å²) in [6.07, 6.45) is 10.7. The first-order valence-electron chi connectivity index (χ1n) is 8.18. The molecule has 0 aromatic heterocycles. The van der Waals surface area contributed by atoms with Crippen LogP contribution in [0, 0.1) is 5.92 Å². The van der Waals surface area contributed by atoms with Gasteiger partial charge < -0.3 is 14.2 Å². The van der Waals surface area contributed by atoms with E-state index in [-0.39, 0.29) is 5.92 Å². The van der Waals surface area contributed by atoms with Gasteiger partial charge in [0.25, 0.3) is 0 Å². The first kappa shape index (κ1) is 16.9. The molecule has 0 bridgehead atoms. The number of rotatable bonds is 6. The van der Waals surface area contributed by atoms with Crippen molar-refractivity contribution in [3.05, 3.63) is 77.9 Å². The molecule has 0 amide bonds. The Kier molecular flexibility index (Phi) is 5.24. The Labute approximate surface area is 148 Å². The number of hydrogen-bond acceptors (Lipinski definition) is 3. The van der Waals surface area contributed by atoms with Gasteiger partial charge in [0, 0.05) is 17.5 Å². The molecule has 128 valence electrons. The molecule has 3 rings (SSSR count). The van der Waals surface area contributed by atoms with Crippen molar-refractivity contribution in [2.24, 2.45) is 5.92 Å². The van der Waals surface area contributed by atoms with Crippen LogP contribution in [-0.2, 0) is 0 Å². The molecule has 0 aliphatic heterocycles. The summed E-state index contributed by atoms with van der Waals surface area (Å²) in [4.78, 5) is 0. The minimum atomic E-state index is 0.236. The fourth-order valence-electron chi connectivity index (χ4n) is 2.90. The fourth-order valence-corrected chi connectivity index (χ4v) is 2.90. The number of benzene rings is 2. The standard InChI is InChI=1S/C22H22O3/c1-23-19-11-8-17(9-12-19)21(16-6-4-5-7-16)14-18-10-13-20(24-2)15-22(18)25-3/h4-16H,1-3H3/b21-14+. The quantitative estimate of drug-likeness (QED) is 0.696. The van der Waals surface area contributed by atoms with Gasteiger partial charge in [-0.3, -0.25) is 0 Å². The molecule has 3 heteroatoms. The Morgan fingerprint density at radius 1 is 0.800 bits per heavy atom. The zero-order valence-electron chi connectivity index (χ0n) is 14.7. The average molecular weight is 334 g/mol. The highest BCUT2D eigenvalue weighted by atomic mass is 16.5. The van der Waals surface area contributed by atoms with Crippen molar-refractivity contribution in [2.75, 3.05) is 21.3 Å². The molecule has 1 aliphatic rings. The molecule has 0 radical (unpaired) electrons. The normalized spacial score (nSPS) is 14.0. The van der Waals surface area contributed by atoms with Crippen molar-refractivity contribution >= 4 is 11.6 Å². The Balaban J connectivity index is 2.06. The fraction of sp³-hybridized carbons (Fsp3) is 0.182. The van der Waals surface area contributed by atoms with Gasteiger partial charge in [0.2, 0.25) is 0 Å². The van der Waals surface area contributed by atoms with Crippen LogP contribution in [-0.4, -0.2) is 21.3 Å². The van der Waals surface area contributed by atoms with Crippen LogP contribution in [0.1, 0.15) is 11.1 Å². The zero-order chi connectivity index (χ0) is 17.6. The maximum atomic E-state index is 5.54. The second-order valence-corrected chi connectivity index (χ2v) is 5.73. The molecule has 0 fully saturated rings. The van der Waals surface area contributed by atoms with Crippen LogP contribution in [0.3, 0.4) is 0 Å². The van der Waals surface area contributed by atoms with Gasteiger partial charge in [-0.1, -0.05) is 36.4 Å². The summed E-state index contributed by atoms with van der Waals surface area (Å²) < 4.78 is 16.1. The summed E-state index contributed by atoms with van der Waals surface area (Å²) in [5.41, 5.74) is 3.37. The number of ether oxygens (including phenoxy) is 3. The Morgan fingerprint density at radius 3 is 2.04 bits per heavy atom. The maximum absolute atomic E-state index is 5.54. The summed E-state index contributed by atoms with van der Waals surface area (Å²) in [7, 11) is 5.01. The lowest BCUT2D eigenvalue weighted by Crippen LogP contribution is -1.97. The van der Waals surface area contributed by atoms with E-state index in [0.29, 0.717) is 0 Å². The Morgan fingerprint density at radius 2 is 1.44 bits per heavy atom. The predicted molar refractivity (Wildman–Crippen MR) is 102 cm³/mol. The summed E-state index contributed by atoms with van der Waals surface area (Å²) in [5.74, 6) is 2.65. The summed E-state index contributed by atoms with van der Waals surface area (Å²) in [6, 6.07) is 14.0. The van der Waals surface area contributed by atoms with Gasteiger partial charge >= 0.3 is 0 Å². The summed E-state index contributed by atoms with van der Waals surface area (Å²) in [5, 5.41) is 0. The third-order valence-corrected chi connectivity index (χ3v) is 4.28. The second-order valence-electron chi connectivity index (χ2n) is 5.73. The molecule has 0 N–H and O–H groups in total. The van der Waals surface area contributed by atoms with Crippen molar-refractivity contribution in [2.45, 2.75) is 0 Å². The van der Waals surface area contributed by atoms with Gasteiger partial charge in [-0.25, -0.2) is 0 Å². The molecule has 0 spiro atoms. The topological polar surface area (TPSA) is 27.7 Å². The lowest BCUT2D eigenvalue weighted by molar-refractivity contribution is 0.394. The van der Waals surface area contributed by atoms with Gasteiger partial charge in [-0.2, -0.15) is 0 Å². The van der Waals surface area contributed by atoms with Gasteiger partial charge in [-0.15, -0.1) is 0 Å². The first-order chi connectivity index (χ1) is 12.2. The van der Waals surface area contributed by atoms with Crippen molar-refractivity contribution in [3.63, 3.8) is 0 Å². The third-order valence-electron chi connectivity index (χ3n) is 4.28. The maximum Gasteiger partial charge on any atom is 0.129 e. The van der Waals surface area contributed by atoms with E-state index in [4.69, 9.17) is 14.2 Å². The van der Waals surface area contributed by atoms with Crippen molar-refractivity contribution in [1.82, 2.24) is 0 Å². The molecular formula is C22H22O3. The zero-order valence-corrected chi connectivity index (χ0v) is 14.7. The molecule has 0 unspecified atom stereocenters. The molecule has 0 atom stereocenters. The third kappa shape index (κ3) is 3.77. The number of allylic oxidation sites excluding steroid dienone is 5. The average Bonchev–Trinajstić information content (AvgIpc) is 3.20. The minimum Gasteiger partial charge on any atom is -0.497 e. The van der Waals surface area contributed by atoms with Crippen LogP contribution < -0.4 is 14.2 Å². The minimum absolute atomic E-state index is 0.236. The van der Waals surface area contributed by atoms with E-state index in [1.807, 2.05) is 30.3 Å². The highest BCUT2D eigenvalue weighted by Crippen LogP contribution is 2.34. The lowest BCUT2D eigenvalue weighted by Gasteiger charge is -2.15. The summed E-state index contributed by atoms with van der Waals surface area (Å²) >= 11 is 0. The summed E-state index contributed by atoms with van der Waals surface area (Å²) in [6.45, 7) is 0. The van der Waals surface area contributed by atoms with E-state index in [0.717, 1.165) is 28.4 Å². The molecule has 1 aliphatic carbocycles. The van der Waals surface area contributed by atoms with Crippen LogP contribution in [0.4, 0.5) is 0 Å². The Hall–Kier alpha value is -2.94. The number of hydrogen-bond donors (Lipinski definition) is 0. The van der Waals surface area contributed by atoms with Gasteiger partial charge in [0.15, 0.2) is 0 Å². The van der Waals surface area contributed by atoms with Crippen molar-refractivity contribution < 1.29 is 14.2 Å². The highest BCUT2D eigenvalue weighted by molar-refractivity contribution is 5.86. The van der Waals surface area contributed by atoms with Gasteiger partial charge in [0.1, 0.15) is 17.2 Å². The molecule has 0 heterocycles. The van der Waals surface area contributed by atoms with E-state index < -0.39 is 0 Å². The molecular weight excluding hydrogens is 312 g/mol.